The molecule has 21 heteroatoms. The number of imidazole rings is 1. The molecule has 18 nitrogen and oxygen atoms in total. The summed E-state index contributed by atoms with van der Waals surface area (Å²) in [5, 5.41) is 27.2. The second-order valence-electron chi connectivity index (χ2n) is 12.6. The van der Waals surface area contributed by atoms with Crippen LogP contribution in [0.2, 0.25) is 0 Å². The van der Waals surface area contributed by atoms with Crippen LogP contribution < -0.4 is 32.6 Å². The van der Waals surface area contributed by atoms with Crippen LogP contribution in [0.25, 0.3) is 11.0 Å². The van der Waals surface area contributed by atoms with E-state index >= 15 is 0 Å². The van der Waals surface area contributed by atoms with Crippen molar-refractivity contribution < 1.29 is 61.4 Å². The largest absolute Gasteiger partial charge is 0.481 e. The first-order valence-corrected chi connectivity index (χ1v) is 16.2. The van der Waals surface area contributed by atoms with Gasteiger partial charge in [-0.05, 0) is 30.9 Å². The molecule has 0 saturated carbocycles. The Labute approximate surface area is 303 Å². The maximum absolute atomic E-state index is 14.4. The van der Waals surface area contributed by atoms with Crippen LogP contribution in [0.3, 0.4) is 0 Å². The average Bonchev–Trinajstić information content (AvgIpc) is 3.56. The number of hydrogen-bond donors (Lipinski definition) is 8. The lowest BCUT2D eigenvalue weighted by Crippen LogP contribution is -2.58. The number of nitrogens with zero attached hydrogens (tertiary/aromatic N) is 1. The molecule has 2 heterocycles. The highest BCUT2D eigenvalue weighted by atomic mass is 19.4. The van der Waals surface area contributed by atoms with Gasteiger partial charge in [-0.1, -0.05) is 13.8 Å². The number of fused-ring (bicyclic) bond motifs is 1. The molecule has 0 aliphatic rings. The number of amides is 4. The lowest BCUT2D eigenvalue weighted by atomic mass is 9.95. The molecule has 4 atom stereocenters. The highest BCUT2D eigenvalue weighted by Gasteiger charge is 2.42. The Morgan fingerprint density at radius 1 is 0.907 bits per heavy atom. The van der Waals surface area contributed by atoms with Crippen LogP contribution in [0.15, 0.2) is 39.9 Å². The Hall–Kier alpha value is -6.28. The van der Waals surface area contributed by atoms with E-state index in [-0.39, 0.29) is 23.7 Å². The van der Waals surface area contributed by atoms with Crippen LogP contribution in [0, 0.1) is 5.92 Å². The quantitative estimate of drug-likeness (QED) is 0.0508. The van der Waals surface area contributed by atoms with E-state index in [4.69, 9.17) is 10.2 Å². The van der Waals surface area contributed by atoms with Crippen molar-refractivity contribution in [3.05, 3.63) is 58.0 Å². The Bertz CT molecular complexity index is 1960. The van der Waals surface area contributed by atoms with E-state index in [0.29, 0.717) is 0 Å². The number of anilines is 1. The van der Waals surface area contributed by atoms with E-state index in [2.05, 4.69) is 25.9 Å². The Morgan fingerprint density at radius 3 is 2.07 bits per heavy atom. The second-order valence-corrected chi connectivity index (χ2v) is 12.6. The lowest BCUT2D eigenvalue weighted by molar-refractivity contribution is -0.139. The third kappa shape index (κ3) is 11.6. The Morgan fingerprint density at radius 2 is 1.52 bits per heavy atom. The van der Waals surface area contributed by atoms with Crippen LogP contribution in [-0.4, -0.2) is 85.7 Å². The number of halogens is 3. The first kappa shape index (κ1) is 42.1. The number of carboxylic acid groups (broad SMARTS) is 2. The fraction of sp³-hybridized carbons (Fsp3) is 0.424. The summed E-state index contributed by atoms with van der Waals surface area (Å²) in [6.07, 6.45) is -5.77. The number of Topliss-reactive ketones (excluding diaryl/α,β-unsaturated/α-hetero) is 1. The van der Waals surface area contributed by atoms with E-state index in [1.165, 1.54) is 12.5 Å². The zero-order valence-corrected chi connectivity index (χ0v) is 29.0. The van der Waals surface area contributed by atoms with E-state index in [0.717, 1.165) is 25.1 Å². The third-order valence-electron chi connectivity index (χ3n) is 7.77. The molecule has 0 saturated heterocycles. The predicted molar refractivity (Wildman–Crippen MR) is 180 cm³/mol. The van der Waals surface area contributed by atoms with Crippen molar-refractivity contribution >= 4 is 58.0 Å². The maximum atomic E-state index is 14.4. The fourth-order valence-corrected chi connectivity index (χ4v) is 5.42. The minimum atomic E-state index is -5.37. The number of H-pyrrole nitrogens is 1. The molecule has 3 rings (SSSR count). The Balaban J connectivity index is 2.02. The number of ketones is 1. The second kappa shape index (κ2) is 18.0. The number of nitrogen functional groups attached to an aromatic ring is 1. The zero-order chi connectivity index (χ0) is 40.5. The number of aromatic amines is 1. The maximum Gasteiger partial charge on any atom is 0.418 e. The number of benzene rings is 1. The molecule has 9 N–H and O–H groups in total. The van der Waals surface area contributed by atoms with Gasteiger partial charge < -0.3 is 46.6 Å². The molecular weight excluding hydrogens is 727 g/mol. The van der Waals surface area contributed by atoms with Gasteiger partial charge in [0.1, 0.15) is 35.3 Å². The summed E-state index contributed by atoms with van der Waals surface area (Å²) in [6.45, 7) is 4.66. The van der Waals surface area contributed by atoms with E-state index in [1.807, 2.05) is 5.32 Å². The van der Waals surface area contributed by atoms with Gasteiger partial charge in [-0.2, -0.15) is 13.2 Å². The Kier molecular flexibility index (Phi) is 14.0. The van der Waals surface area contributed by atoms with Gasteiger partial charge in [0.15, 0.2) is 5.78 Å². The molecule has 0 spiro atoms. The summed E-state index contributed by atoms with van der Waals surface area (Å²) in [5.74, 6) is -8.92. The molecule has 4 amide bonds. The van der Waals surface area contributed by atoms with Crippen LogP contribution in [-0.2, 0) is 41.4 Å². The first-order valence-electron chi connectivity index (χ1n) is 16.2. The van der Waals surface area contributed by atoms with Crippen molar-refractivity contribution in [3.63, 3.8) is 0 Å². The molecule has 0 unspecified atom stereocenters. The van der Waals surface area contributed by atoms with Crippen molar-refractivity contribution in [2.24, 2.45) is 5.92 Å². The van der Waals surface area contributed by atoms with Crippen molar-refractivity contribution in [1.29, 1.82) is 0 Å². The summed E-state index contributed by atoms with van der Waals surface area (Å²) >= 11 is 0. The number of alkyl halides is 3. The summed E-state index contributed by atoms with van der Waals surface area (Å²) in [5.41, 5.74) is -0.0932. The number of aliphatic carboxylic acids is 2. The molecule has 0 aliphatic heterocycles. The number of nitrogens with two attached hydrogens (primary N) is 1. The SMILES string of the molecule is CC(=O)N[C@@H](CC(C)C)C(=O)N[C@@H](CCC(=O)O)C(=O)N[C@@H](Cc1cnc[nH]1)C(=O)N[C@@H](CC(=O)O)C(=O)c1c(C(F)(F)F)c2ccc(N)cc2oc1=O. The average molecular weight is 766 g/mol. The summed E-state index contributed by atoms with van der Waals surface area (Å²) in [4.78, 5) is 109. The van der Waals surface area contributed by atoms with Crippen molar-refractivity contribution in [2.75, 3.05) is 5.73 Å². The van der Waals surface area contributed by atoms with E-state index in [9.17, 15) is 61.7 Å². The van der Waals surface area contributed by atoms with Gasteiger partial charge in [-0.3, -0.25) is 33.6 Å². The lowest BCUT2D eigenvalue weighted by Gasteiger charge is -2.26. The molecule has 0 bridgehead atoms. The van der Waals surface area contributed by atoms with Gasteiger partial charge in [-0.15, -0.1) is 0 Å². The number of carbonyl (C=O) groups excluding carboxylic acids is 5. The highest BCUT2D eigenvalue weighted by molar-refractivity contribution is 6.07. The van der Waals surface area contributed by atoms with Crippen LogP contribution in [0.1, 0.15) is 68.1 Å². The molecule has 54 heavy (non-hydrogen) atoms. The van der Waals surface area contributed by atoms with Gasteiger partial charge in [0, 0.05) is 48.8 Å². The van der Waals surface area contributed by atoms with Crippen molar-refractivity contribution in [2.45, 2.75) is 83.2 Å². The third-order valence-corrected chi connectivity index (χ3v) is 7.77. The van der Waals surface area contributed by atoms with Crippen molar-refractivity contribution in [1.82, 2.24) is 31.2 Å². The molecule has 0 aliphatic carbocycles. The normalized spacial score (nSPS) is 13.7. The van der Waals surface area contributed by atoms with Gasteiger partial charge in [-0.25, -0.2) is 9.78 Å². The highest BCUT2D eigenvalue weighted by Crippen LogP contribution is 2.37. The number of nitrogens with one attached hydrogen (secondary N) is 5. The number of rotatable bonds is 18. The first-order chi connectivity index (χ1) is 25.2. The fourth-order valence-electron chi connectivity index (χ4n) is 5.42. The molecule has 2 aromatic heterocycles. The molecule has 1 aromatic carbocycles. The molecular formula is C33H38F3N7O11. The van der Waals surface area contributed by atoms with Gasteiger partial charge in [0.2, 0.25) is 23.6 Å². The molecule has 0 radical (unpaired) electrons. The van der Waals surface area contributed by atoms with Crippen LogP contribution >= 0.6 is 0 Å². The monoisotopic (exact) mass is 765 g/mol. The number of aromatic nitrogens is 2. The number of carbonyl (C=O) groups is 7. The topological polar surface area (TPSA) is 293 Å². The van der Waals surface area contributed by atoms with E-state index < -0.39 is 125 Å². The van der Waals surface area contributed by atoms with Gasteiger partial charge >= 0.3 is 23.7 Å². The molecule has 292 valence electrons. The summed E-state index contributed by atoms with van der Waals surface area (Å²) in [6, 6.07) is -4.07. The van der Waals surface area contributed by atoms with Gasteiger partial charge in [0.25, 0.3) is 0 Å². The minimum absolute atomic E-state index is 0.0768. The van der Waals surface area contributed by atoms with Crippen LogP contribution in [0.4, 0.5) is 18.9 Å². The predicted octanol–water partition coefficient (Wildman–Crippen LogP) is 0.887. The number of carboxylic acids is 2. The van der Waals surface area contributed by atoms with Gasteiger partial charge in [0.05, 0.1) is 18.3 Å². The van der Waals surface area contributed by atoms with Crippen molar-refractivity contribution in [3.8, 4) is 0 Å². The molecule has 0 fully saturated rings. The standard InChI is InChI=1S/C33H38F3N7O11/c1-14(2)8-21(40-15(3)44)30(51)41-19(6-7-24(45)46)29(50)43-22(10-17-12-38-13-39-17)31(52)42-20(11-25(47)48)28(49)26-27(33(34,35)36)18-5-4-16(37)9-23(18)54-32(26)53/h4-5,9,12-14,19-22H,6-8,10-11,37H2,1-3H3,(H,38,39)(H,40,44)(H,41,51)(H,42,52)(H,43,50)(H,45,46)(H,47,48)/t19-,20-,21-,22-/m0/s1. The molecule has 3 aromatic rings. The number of hydrogen-bond acceptors (Lipinski definition) is 11. The summed E-state index contributed by atoms with van der Waals surface area (Å²) < 4.78 is 48.2. The zero-order valence-electron chi connectivity index (χ0n) is 29.0. The van der Waals surface area contributed by atoms with E-state index in [1.54, 1.807) is 13.8 Å². The van der Waals surface area contributed by atoms with Crippen LogP contribution in [0.5, 0.6) is 0 Å². The smallest absolute Gasteiger partial charge is 0.418 e. The summed E-state index contributed by atoms with van der Waals surface area (Å²) in [7, 11) is 0. The minimum Gasteiger partial charge on any atom is -0.481 e.